The summed E-state index contributed by atoms with van der Waals surface area (Å²) in [6.45, 7) is 10.8. The Kier molecular flexibility index (Phi) is 8.31. The Morgan fingerprint density at radius 2 is 1.88 bits per heavy atom. The van der Waals surface area contributed by atoms with Gasteiger partial charge in [-0.05, 0) is 65.3 Å². The van der Waals surface area contributed by atoms with E-state index in [-0.39, 0.29) is 47.5 Å². The first-order chi connectivity index (χ1) is 19.8. The average molecular weight is 591 g/mol. The smallest absolute Gasteiger partial charge is 0.257 e. The molecule has 1 fully saturated rings. The molecular weight excluding hydrogens is 548 g/mol. The van der Waals surface area contributed by atoms with Crippen LogP contribution in [0.25, 0.3) is 0 Å². The lowest BCUT2D eigenvalue weighted by Crippen LogP contribution is -2.57. The first-order valence-electron chi connectivity index (χ1n) is 14.7. The Labute approximate surface area is 252 Å². The number of anilines is 1. The van der Waals surface area contributed by atoms with E-state index in [4.69, 9.17) is 4.98 Å². The molecule has 2 amide bonds. The molecule has 4 N–H and O–H groups in total. The van der Waals surface area contributed by atoms with Crippen molar-refractivity contribution in [3.63, 3.8) is 0 Å². The van der Waals surface area contributed by atoms with Gasteiger partial charge in [-0.3, -0.25) is 19.9 Å². The van der Waals surface area contributed by atoms with Crippen molar-refractivity contribution in [1.82, 2.24) is 15.3 Å². The summed E-state index contributed by atoms with van der Waals surface area (Å²) in [5.41, 5.74) is 2.38. The highest BCUT2D eigenvalue weighted by Crippen LogP contribution is 2.62. The lowest BCUT2D eigenvalue weighted by molar-refractivity contribution is -0.144. The third-order valence-corrected chi connectivity index (χ3v) is 10.7. The number of carbonyl (C=O) groups excluding carboxylic acids is 2. The number of fused-ring (bicyclic) bond motifs is 2. The quantitative estimate of drug-likeness (QED) is 0.300. The van der Waals surface area contributed by atoms with Gasteiger partial charge >= 0.3 is 0 Å². The number of thiazole rings is 1. The summed E-state index contributed by atoms with van der Waals surface area (Å²) in [5.74, 6) is -0.611. The topological polar surface area (TPSA) is 124 Å². The summed E-state index contributed by atoms with van der Waals surface area (Å²) < 4.78 is 0. The number of carbonyl (C=O) groups is 2. The number of nitrogens with zero attached hydrogens (tertiary/aromatic N) is 2. The van der Waals surface area contributed by atoms with E-state index in [1.807, 2.05) is 43.3 Å². The third-order valence-electron chi connectivity index (χ3n) is 9.73. The fraction of sp³-hybridized carbons (Fsp3) is 0.515. The van der Waals surface area contributed by atoms with E-state index in [1.165, 1.54) is 11.3 Å². The maximum absolute atomic E-state index is 13.3. The molecule has 1 saturated carbocycles. The van der Waals surface area contributed by atoms with Crippen LogP contribution in [-0.2, 0) is 23.2 Å². The summed E-state index contributed by atoms with van der Waals surface area (Å²) in [6, 6.07) is 11.4. The van der Waals surface area contributed by atoms with Crippen LogP contribution in [0.2, 0.25) is 0 Å². The Morgan fingerprint density at radius 1 is 1.14 bits per heavy atom. The number of hydrogen-bond donors (Lipinski definition) is 4. The van der Waals surface area contributed by atoms with Crippen molar-refractivity contribution in [3.8, 4) is 0 Å². The van der Waals surface area contributed by atoms with Crippen LogP contribution in [0.5, 0.6) is 0 Å². The predicted molar refractivity (Wildman–Crippen MR) is 164 cm³/mol. The first kappa shape index (κ1) is 30.3. The molecule has 2 aliphatic rings. The van der Waals surface area contributed by atoms with Crippen molar-refractivity contribution >= 4 is 28.3 Å². The molecule has 8 nitrogen and oxygen atoms in total. The average Bonchev–Trinajstić information content (AvgIpc) is 3.37. The van der Waals surface area contributed by atoms with E-state index < -0.39 is 11.5 Å². The van der Waals surface area contributed by atoms with Crippen LogP contribution >= 0.6 is 11.3 Å². The zero-order valence-corrected chi connectivity index (χ0v) is 25.9. The van der Waals surface area contributed by atoms with Gasteiger partial charge in [0.2, 0.25) is 5.91 Å². The minimum Gasteiger partial charge on any atom is -0.396 e. The van der Waals surface area contributed by atoms with E-state index in [1.54, 1.807) is 12.4 Å². The maximum Gasteiger partial charge on any atom is 0.257 e. The number of amides is 2. The van der Waals surface area contributed by atoms with E-state index in [0.29, 0.717) is 36.5 Å². The van der Waals surface area contributed by atoms with Gasteiger partial charge in [0.05, 0.1) is 18.4 Å². The van der Waals surface area contributed by atoms with Gasteiger partial charge < -0.3 is 15.5 Å². The molecule has 0 saturated heterocycles. The lowest BCUT2D eigenvalue weighted by Gasteiger charge is -2.58. The van der Waals surface area contributed by atoms with Crippen molar-refractivity contribution in [2.45, 2.75) is 84.3 Å². The Hall–Kier alpha value is -3.14. The molecule has 42 heavy (non-hydrogen) atoms. The van der Waals surface area contributed by atoms with Crippen molar-refractivity contribution in [3.05, 3.63) is 76.1 Å². The highest BCUT2D eigenvalue weighted by molar-refractivity contribution is 7.15. The molecule has 224 valence electrons. The summed E-state index contributed by atoms with van der Waals surface area (Å²) in [4.78, 5) is 36.6. The van der Waals surface area contributed by atoms with E-state index in [0.717, 1.165) is 21.7 Å². The molecule has 2 aliphatic carbocycles. The summed E-state index contributed by atoms with van der Waals surface area (Å²) >= 11 is 1.43. The van der Waals surface area contributed by atoms with Gasteiger partial charge in [0.1, 0.15) is 0 Å². The molecule has 0 radical (unpaired) electrons. The van der Waals surface area contributed by atoms with Crippen molar-refractivity contribution in [2.24, 2.45) is 16.7 Å². The van der Waals surface area contributed by atoms with Gasteiger partial charge in [-0.2, -0.15) is 0 Å². The fourth-order valence-electron chi connectivity index (χ4n) is 6.95. The first-order valence-corrected chi connectivity index (χ1v) is 15.5. The Balaban J connectivity index is 1.43. The van der Waals surface area contributed by atoms with E-state index >= 15 is 0 Å². The molecule has 0 unspecified atom stereocenters. The largest absolute Gasteiger partial charge is 0.396 e. The second-order valence-corrected chi connectivity index (χ2v) is 14.6. The lowest BCUT2D eigenvalue weighted by atomic mass is 9.47. The molecule has 9 heteroatoms. The molecule has 0 bridgehead atoms. The summed E-state index contributed by atoms with van der Waals surface area (Å²) in [6.07, 6.45) is 4.91. The fourth-order valence-corrected chi connectivity index (χ4v) is 8.01. The van der Waals surface area contributed by atoms with Crippen LogP contribution < -0.4 is 10.6 Å². The van der Waals surface area contributed by atoms with Crippen LogP contribution in [0.15, 0.2) is 48.8 Å². The van der Waals surface area contributed by atoms with Crippen LogP contribution in [0, 0.1) is 16.7 Å². The monoisotopic (exact) mass is 590 g/mol. The minimum absolute atomic E-state index is 0.00775. The van der Waals surface area contributed by atoms with Gasteiger partial charge in [-0.25, -0.2) is 4.98 Å². The number of aromatic nitrogens is 2. The molecule has 2 aromatic heterocycles. The molecule has 3 aromatic rings. The van der Waals surface area contributed by atoms with Gasteiger partial charge in [-0.1, -0.05) is 52.8 Å². The summed E-state index contributed by atoms with van der Waals surface area (Å²) in [7, 11) is 0. The van der Waals surface area contributed by atoms with Crippen LogP contribution in [-0.4, -0.2) is 44.7 Å². The molecule has 0 spiro atoms. The second-order valence-electron chi connectivity index (χ2n) is 13.5. The Bertz CT molecular complexity index is 1430. The number of nitrogens with one attached hydrogen (secondary N) is 2. The highest BCUT2D eigenvalue weighted by Gasteiger charge is 2.59. The minimum atomic E-state index is -0.711. The number of hydrogen-bond acceptors (Lipinski definition) is 7. The molecule has 1 aromatic carbocycles. The van der Waals surface area contributed by atoms with Crippen LogP contribution in [0.3, 0.4) is 0 Å². The third kappa shape index (κ3) is 5.74. The summed E-state index contributed by atoms with van der Waals surface area (Å²) in [5, 5.41) is 28.0. The number of rotatable bonds is 7. The Morgan fingerprint density at radius 3 is 2.52 bits per heavy atom. The standard InChI is InChI=1S/C33H42N4O4S/c1-31(2,3)22-10-8-21(9-11-22)29(41)37-30-36-28-23(15-27(40)35-18-20-7-6-14-34-17-20)32(4)13-12-26(39)33(5,19-38)25(32)16-24(28)42-30/h6-11,14,17,23,25-26,38-39H,12-13,15-16,18-19H2,1-5H3,(H,35,40)(H,36,37,41)/t23-,25+,26-,32+,33+/m1/s1. The SMILES string of the molecule is CC(C)(C)c1ccc(C(=O)Nc2nc3c(s2)C[C@@H]2[C@](C)(CO)[C@H](O)CC[C@@]2(C)[C@@H]3CC(=O)NCc2cccnc2)cc1. The van der Waals surface area contributed by atoms with E-state index in [2.05, 4.69) is 43.3 Å². The van der Waals surface area contributed by atoms with Crippen molar-refractivity contribution in [1.29, 1.82) is 0 Å². The number of aliphatic hydroxyl groups excluding tert-OH is 2. The number of benzene rings is 1. The van der Waals surface area contributed by atoms with Gasteiger partial charge in [-0.15, -0.1) is 11.3 Å². The van der Waals surface area contributed by atoms with Gasteiger partial charge in [0.25, 0.3) is 5.91 Å². The van der Waals surface area contributed by atoms with E-state index in [9.17, 15) is 19.8 Å². The van der Waals surface area contributed by atoms with Crippen LogP contribution in [0.4, 0.5) is 5.13 Å². The van der Waals surface area contributed by atoms with Crippen LogP contribution in [0.1, 0.15) is 91.9 Å². The molecule has 0 aliphatic heterocycles. The highest BCUT2D eigenvalue weighted by atomic mass is 32.1. The zero-order valence-electron chi connectivity index (χ0n) is 25.1. The molecule has 5 rings (SSSR count). The number of aliphatic hydroxyl groups is 2. The zero-order chi connectivity index (χ0) is 30.3. The van der Waals surface area contributed by atoms with Crippen molar-refractivity contribution in [2.75, 3.05) is 11.9 Å². The predicted octanol–water partition coefficient (Wildman–Crippen LogP) is 5.21. The van der Waals surface area contributed by atoms with Crippen molar-refractivity contribution < 1.29 is 19.8 Å². The van der Waals surface area contributed by atoms with Gasteiger partial charge in [0.15, 0.2) is 5.13 Å². The second kappa shape index (κ2) is 11.5. The van der Waals surface area contributed by atoms with Gasteiger partial charge in [0, 0.05) is 47.1 Å². The molecular formula is C33H42N4O4S. The molecule has 2 heterocycles. The normalized spacial score (nSPS) is 27.1. The maximum atomic E-state index is 13.3. The number of pyridine rings is 1. The molecule has 5 atom stereocenters.